The predicted octanol–water partition coefficient (Wildman–Crippen LogP) is 3.07. The fraction of sp³-hybridized carbons (Fsp3) is 0.273. The standard InChI is InChI=1S/C11H13ClFN/c1-7-6-10(13)11(12)9(8(7)2)4-3-5-14/h3-4,6H,5,14H2,1-2H3/b4-3+. The van der Waals surface area contributed by atoms with Crippen molar-refractivity contribution in [3.8, 4) is 0 Å². The van der Waals surface area contributed by atoms with E-state index in [0.717, 1.165) is 16.7 Å². The van der Waals surface area contributed by atoms with E-state index in [2.05, 4.69) is 0 Å². The van der Waals surface area contributed by atoms with Crippen LogP contribution in [0, 0.1) is 19.7 Å². The van der Waals surface area contributed by atoms with Crippen LogP contribution < -0.4 is 5.73 Å². The Labute approximate surface area is 88.4 Å². The van der Waals surface area contributed by atoms with Gasteiger partial charge < -0.3 is 5.73 Å². The molecule has 0 aromatic heterocycles. The van der Waals surface area contributed by atoms with Gasteiger partial charge in [-0.15, -0.1) is 0 Å². The number of rotatable bonds is 2. The topological polar surface area (TPSA) is 26.0 Å². The summed E-state index contributed by atoms with van der Waals surface area (Å²) in [5.74, 6) is -0.383. The molecule has 0 fully saturated rings. The second-order valence-electron chi connectivity index (χ2n) is 3.17. The Morgan fingerprint density at radius 3 is 2.71 bits per heavy atom. The zero-order valence-electron chi connectivity index (χ0n) is 8.27. The molecule has 0 aliphatic heterocycles. The second-order valence-corrected chi connectivity index (χ2v) is 3.54. The first-order chi connectivity index (χ1) is 6.57. The molecule has 0 aliphatic rings. The summed E-state index contributed by atoms with van der Waals surface area (Å²) in [5.41, 5.74) is 7.93. The molecule has 1 aromatic rings. The molecule has 14 heavy (non-hydrogen) atoms. The van der Waals surface area contributed by atoms with Crippen molar-refractivity contribution in [3.05, 3.63) is 39.7 Å². The Hall–Kier alpha value is -0.860. The molecule has 2 N–H and O–H groups in total. The minimum Gasteiger partial charge on any atom is -0.327 e. The van der Waals surface area contributed by atoms with Gasteiger partial charge in [-0.05, 0) is 36.6 Å². The van der Waals surface area contributed by atoms with Gasteiger partial charge in [0, 0.05) is 6.54 Å². The van der Waals surface area contributed by atoms with Gasteiger partial charge in [0.05, 0.1) is 5.02 Å². The molecule has 0 unspecified atom stereocenters. The highest BCUT2D eigenvalue weighted by Crippen LogP contribution is 2.27. The molecule has 1 rings (SSSR count). The van der Waals surface area contributed by atoms with Crippen LogP contribution in [-0.2, 0) is 0 Å². The van der Waals surface area contributed by atoms with Crippen molar-refractivity contribution in [2.45, 2.75) is 13.8 Å². The average molecular weight is 214 g/mol. The Balaban J connectivity index is 3.32. The Kier molecular flexibility index (Phi) is 3.67. The summed E-state index contributed by atoms with van der Waals surface area (Å²) in [6, 6.07) is 1.44. The lowest BCUT2D eigenvalue weighted by Crippen LogP contribution is -1.95. The van der Waals surface area contributed by atoms with Crippen molar-refractivity contribution in [2.24, 2.45) is 5.73 Å². The quantitative estimate of drug-likeness (QED) is 0.803. The summed E-state index contributed by atoms with van der Waals surface area (Å²) in [6.07, 6.45) is 3.51. The van der Waals surface area contributed by atoms with E-state index < -0.39 is 0 Å². The van der Waals surface area contributed by atoms with Gasteiger partial charge in [0.1, 0.15) is 5.82 Å². The van der Waals surface area contributed by atoms with E-state index in [9.17, 15) is 4.39 Å². The lowest BCUT2D eigenvalue weighted by atomic mass is 10.0. The van der Waals surface area contributed by atoms with Gasteiger partial charge in [-0.2, -0.15) is 0 Å². The molecule has 0 bridgehead atoms. The number of hydrogen-bond donors (Lipinski definition) is 1. The van der Waals surface area contributed by atoms with Crippen LogP contribution >= 0.6 is 11.6 Å². The van der Waals surface area contributed by atoms with Gasteiger partial charge in [0.15, 0.2) is 0 Å². The lowest BCUT2D eigenvalue weighted by molar-refractivity contribution is 0.626. The maximum Gasteiger partial charge on any atom is 0.142 e. The molecule has 1 aromatic carbocycles. The minimum atomic E-state index is -0.383. The first-order valence-electron chi connectivity index (χ1n) is 4.39. The molecule has 0 saturated carbocycles. The molecule has 0 spiro atoms. The number of halogens is 2. The Morgan fingerprint density at radius 1 is 1.50 bits per heavy atom. The SMILES string of the molecule is Cc1cc(F)c(Cl)c(/C=C/CN)c1C. The third-order valence-electron chi connectivity index (χ3n) is 2.21. The van der Waals surface area contributed by atoms with E-state index in [1.54, 1.807) is 12.2 Å². The van der Waals surface area contributed by atoms with Crippen LogP contribution in [0.1, 0.15) is 16.7 Å². The van der Waals surface area contributed by atoms with Crippen LogP contribution in [0.15, 0.2) is 12.1 Å². The highest BCUT2D eigenvalue weighted by Gasteiger charge is 2.09. The summed E-state index contributed by atoms with van der Waals surface area (Å²) in [4.78, 5) is 0. The molecule has 0 heterocycles. The summed E-state index contributed by atoms with van der Waals surface area (Å²) in [5, 5.41) is 0.165. The zero-order chi connectivity index (χ0) is 10.7. The molecular formula is C11H13ClFN. The predicted molar refractivity (Wildman–Crippen MR) is 59.0 cm³/mol. The van der Waals surface area contributed by atoms with Crippen LogP contribution in [-0.4, -0.2) is 6.54 Å². The van der Waals surface area contributed by atoms with E-state index >= 15 is 0 Å². The Morgan fingerprint density at radius 2 is 2.14 bits per heavy atom. The molecule has 76 valence electrons. The van der Waals surface area contributed by atoms with E-state index in [1.807, 2.05) is 13.8 Å². The normalized spacial score (nSPS) is 11.2. The van der Waals surface area contributed by atoms with Gasteiger partial charge in [-0.3, -0.25) is 0 Å². The number of aryl methyl sites for hydroxylation is 1. The van der Waals surface area contributed by atoms with Crippen LogP contribution in [0.2, 0.25) is 5.02 Å². The second kappa shape index (κ2) is 4.58. The maximum atomic E-state index is 13.3. The maximum absolute atomic E-state index is 13.3. The van der Waals surface area contributed by atoms with E-state index in [4.69, 9.17) is 17.3 Å². The summed E-state index contributed by atoms with van der Waals surface area (Å²) in [6.45, 7) is 4.19. The van der Waals surface area contributed by atoms with Gasteiger partial charge in [-0.25, -0.2) is 4.39 Å². The van der Waals surface area contributed by atoms with Crippen molar-refractivity contribution in [3.63, 3.8) is 0 Å². The van der Waals surface area contributed by atoms with E-state index in [-0.39, 0.29) is 10.8 Å². The summed E-state index contributed by atoms with van der Waals surface area (Å²) in [7, 11) is 0. The monoisotopic (exact) mass is 213 g/mol. The van der Waals surface area contributed by atoms with Crippen molar-refractivity contribution < 1.29 is 4.39 Å². The average Bonchev–Trinajstić information content (AvgIpc) is 2.15. The highest BCUT2D eigenvalue weighted by atomic mass is 35.5. The van der Waals surface area contributed by atoms with Crippen molar-refractivity contribution in [1.29, 1.82) is 0 Å². The molecule has 3 heteroatoms. The number of hydrogen-bond acceptors (Lipinski definition) is 1. The van der Waals surface area contributed by atoms with E-state index in [1.165, 1.54) is 6.07 Å². The van der Waals surface area contributed by atoms with Gasteiger partial charge >= 0.3 is 0 Å². The molecule has 1 nitrogen and oxygen atoms in total. The van der Waals surface area contributed by atoms with Gasteiger partial charge in [0.2, 0.25) is 0 Å². The van der Waals surface area contributed by atoms with Crippen LogP contribution in [0.25, 0.3) is 6.08 Å². The third kappa shape index (κ3) is 2.14. The molecular weight excluding hydrogens is 201 g/mol. The Bertz CT molecular complexity index is 346. The highest BCUT2D eigenvalue weighted by molar-refractivity contribution is 6.32. The first kappa shape index (κ1) is 11.2. The number of benzene rings is 1. The van der Waals surface area contributed by atoms with Gasteiger partial charge in [-0.1, -0.05) is 23.8 Å². The summed E-state index contributed by atoms with van der Waals surface area (Å²) >= 11 is 5.84. The van der Waals surface area contributed by atoms with Crippen molar-refractivity contribution in [1.82, 2.24) is 0 Å². The molecule has 0 amide bonds. The number of nitrogens with two attached hydrogens (primary N) is 1. The van der Waals surface area contributed by atoms with Crippen molar-refractivity contribution in [2.75, 3.05) is 6.54 Å². The zero-order valence-corrected chi connectivity index (χ0v) is 9.03. The molecule has 0 aliphatic carbocycles. The third-order valence-corrected chi connectivity index (χ3v) is 2.59. The lowest BCUT2D eigenvalue weighted by Gasteiger charge is -2.08. The smallest absolute Gasteiger partial charge is 0.142 e. The fourth-order valence-electron chi connectivity index (χ4n) is 1.25. The van der Waals surface area contributed by atoms with Crippen LogP contribution in [0.3, 0.4) is 0 Å². The molecule has 0 saturated heterocycles. The van der Waals surface area contributed by atoms with E-state index in [0.29, 0.717) is 6.54 Å². The fourth-order valence-corrected chi connectivity index (χ4v) is 1.51. The molecule has 0 atom stereocenters. The minimum absolute atomic E-state index is 0.165. The molecule has 0 radical (unpaired) electrons. The van der Waals surface area contributed by atoms with Crippen molar-refractivity contribution >= 4 is 17.7 Å². The van der Waals surface area contributed by atoms with Crippen LogP contribution in [0.5, 0.6) is 0 Å². The summed E-state index contributed by atoms with van der Waals surface area (Å²) < 4.78 is 13.3. The van der Waals surface area contributed by atoms with Gasteiger partial charge in [0.25, 0.3) is 0 Å². The van der Waals surface area contributed by atoms with Crippen LogP contribution in [0.4, 0.5) is 4.39 Å². The first-order valence-corrected chi connectivity index (χ1v) is 4.77. The largest absolute Gasteiger partial charge is 0.327 e.